The van der Waals surface area contributed by atoms with E-state index in [9.17, 15) is 4.79 Å². The lowest BCUT2D eigenvalue weighted by Crippen LogP contribution is -2.25. The summed E-state index contributed by atoms with van der Waals surface area (Å²) in [6.45, 7) is 9.33. The van der Waals surface area contributed by atoms with Gasteiger partial charge in [0, 0.05) is 13.2 Å². The number of nitrogens with zero attached hydrogens (tertiary/aromatic N) is 2. The third-order valence-electron chi connectivity index (χ3n) is 2.77. The van der Waals surface area contributed by atoms with Crippen LogP contribution in [0.4, 0.5) is 5.69 Å². The normalized spacial score (nSPS) is 11.3. The highest BCUT2D eigenvalue weighted by Crippen LogP contribution is 2.16. The number of aromatic nitrogens is 2. The van der Waals surface area contributed by atoms with Crippen LogP contribution in [-0.4, -0.2) is 29.0 Å². The summed E-state index contributed by atoms with van der Waals surface area (Å²) in [4.78, 5) is 11.9. The van der Waals surface area contributed by atoms with Gasteiger partial charge in [-0.3, -0.25) is 4.79 Å². The van der Waals surface area contributed by atoms with Crippen molar-refractivity contribution in [3.8, 4) is 0 Å². The van der Waals surface area contributed by atoms with E-state index < -0.39 is 0 Å². The van der Waals surface area contributed by atoms with Crippen LogP contribution in [0.2, 0.25) is 5.02 Å². The van der Waals surface area contributed by atoms with E-state index in [1.165, 1.54) is 4.68 Å². The molecule has 1 N–H and O–H groups in total. The maximum atomic E-state index is 11.9. The topological polar surface area (TPSA) is 56.1 Å². The van der Waals surface area contributed by atoms with Gasteiger partial charge in [-0.05, 0) is 40.5 Å². The number of nitrogens with one attached hydrogen (secondary N) is 1. The molecule has 0 fully saturated rings. The van der Waals surface area contributed by atoms with E-state index >= 15 is 0 Å². The molecule has 0 saturated heterocycles. The van der Waals surface area contributed by atoms with Crippen LogP contribution in [0.5, 0.6) is 0 Å². The summed E-state index contributed by atoms with van der Waals surface area (Å²) in [7, 11) is 0. The van der Waals surface area contributed by atoms with Crippen molar-refractivity contribution in [3.05, 3.63) is 21.6 Å². The number of hydrogen-bond donors (Lipinski definition) is 1. The zero-order valence-corrected chi connectivity index (χ0v) is 13.4. The molecule has 0 spiro atoms. The molecule has 5 nitrogen and oxygen atoms in total. The van der Waals surface area contributed by atoms with Gasteiger partial charge in [0.05, 0.1) is 24.0 Å². The molecular formula is C14H24ClN3O2. The van der Waals surface area contributed by atoms with Crippen LogP contribution in [0.25, 0.3) is 0 Å². The highest BCUT2D eigenvalue weighted by Gasteiger charge is 2.10. The van der Waals surface area contributed by atoms with E-state index in [4.69, 9.17) is 16.3 Å². The predicted molar refractivity (Wildman–Crippen MR) is 82.7 cm³/mol. The molecule has 6 heteroatoms. The third kappa shape index (κ3) is 5.13. The summed E-state index contributed by atoms with van der Waals surface area (Å²) in [5.74, 6) is 0. The van der Waals surface area contributed by atoms with E-state index in [0.717, 1.165) is 26.0 Å². The minimum atomic E-state index is -0.255. The van der Waals surface area contributed by atoms with Crippen LogP contribution in [0, 0.1) is 0 Å². The number of ether oxygens (including phenoxy) is 1. The molecule has 1 heterocycles. The molecule has 1 rings (SSSR count). The maximum absolute atomic E-state index is 11.9. The summed E-state index contributed by atoms with van der Waals surface area (Å²) in [6.07, 6.45) is 3.80. The molecule has 0 amide bonds. The summed E-state index contributed by atoms with van der Waals surface area (Å²) < 4.78 is 6.84. The smallest absolute Gasteiger partial charge is 0.287 e. The van der Waals surface area contributed by atoms with Crippen molar-refractivity contribution in [3.63, 3.8) is 0 Å². The van der Waals surface area contributed by atoms with Crippen molar-refractivity contribution in [1.82, 2.24) is 9.78 Å². The maximum Gasteiger partial charge on any atom is 0.287 e. The molecule has 114 valence electrons. The minimum absolute atomic E-state index is 0.00207. The van der Waals surface area contributed by atoms with Gasteiger partial charge in [-0.2, -0.15) is 5.10 Å². The Morgan fingerprint density at radius 3 is 2.65 bits per heavy atom. The molecule has 0 saturated carbocycles. The van der Waals surface area contributed by atoms with Gasteiger partial charge < -0.3 is 10.1 Å². The van der Waals surface area contributed by atoms with Gasteiger partial charge in [0.1, 0.15) is 5.02 Å². The van der Waals surface area contributed by atoms with Gasteiger partial charge in [0.2, 0.25) is 0 Å². The van der Waals surface area contributed by atoms with Gasteiger partial charge in [-0.25, -0.2) is 4.68 Å². The van der Waals surface area contributed by atoms with Crippen LogP contribution >= 0.6 is 11.6 Å². The highest BCUT2D eigenvalue weighted by molar-refractivity contribution is 6.32. The molecule has 1 aromatic rings. The third-order valence-corrected chi connectivity index (χ3v) is 3.14. The fraction of sp³-hybridized carbons (Fsp3) is 0.714. The molecule has 0 unspecified atom stereocenters. The van der Waals surface area contributed by atoms with E-state index in [-0.39, 0.29) is 22.7 Å². The zero-order chi connectivity index (χ0) is 15.1. The first kappa shape index (κ1) is 17.0. The Bertz CT molecular complexity index is 472. The summed E-state index contributed by atoms with van der Waals surface area (Å²) in [5.41, 5.74) is 0.341. The second-order valence-electron chi connectivity index (χ2n) is 5.27. The fourth-order valence-corrected chi connectivity index (χ4v) is 1.91. The van der Waals surface area contributed by atoms with Gasteiger partial charge in [0.25, 0.3) is 5.56 Å². The van der Waals surface area contributed by atoms with E-state index in [0.29, 0.717) is 5.69 Å². The first-order chi connectivity index (χ1) is 9.43. The van der Waals surface area contributed by atoms with Crippen molar-refractivity contribution >= 4 is 17.3 Å². The standard InChI is InChI=1S/C14H24ClN3O2/c1-10(2)18-14(19)13(15)12(9-17-18)16-7-5-6-8-20-11(3)4/h9-11,16H,5-8H2,1-4H3. The Labute approximate surface area is 125 Å². The fourth-order valence-electron chi connectivity index (χ4n) is 1.71. The first-order valence-electron chi connectivity index (χ1n) is 7.06. The van der Waals surface area contributed by atoms with Crippen LogP contribution in [-0.2, 0) is 4.74 Å². The predicted octanol–water partition coefficient (Wildman–Crippen LogP) is 3.09. The average molecular weight is 302 g/mol. The monoisotopic (exact) mass is 301 g/mol. The van der Waals surface area contributed by atoms with Crippen LogP contribution in [0.1, 0.15) is 46.6 Å². The Balaban J connectivity index is 2.45. The minimum Gasteiger partial charge on any atom is -0.382 e. The first-order valence-corrected chi connectivity index (χ1v) is 7.44. The molecule has 0 radical (unpaired) electrons. The van der Waals surface area contributed by atoms with Gasteiger partial charge >= 0.3 is 0 Å². The lowest BCUT2D eigenvalue weighted by molar-refractivity contribution is 0.0765. The molecule has 0 atom stereocenters. The van der Waals surface area contributed by atoms with Crippen LogP contribution in [0.3, 0.4) is 0 Å². The molecular weight excluding hydrogens is 278 g/mol. The number of halogens is 1. The van der Waals surface area contributed by atoms with Gasteiger partial charge in [0.15, 0.2) is 0 Å². The SMILES string of the molecule is CC(C)OCCCCNc1cnn(C(C)C)c(=O)c1Cl. The number of anilines is 1. The lowest BCUT2D eigenvalue weighted by atomic mass is 10.3. The summed E-state index contributed by atoms with van der Waals surface area (Å²) in [6, 6.07) is 0.00207. The van der Waals surface area contributed by atoms with Gasteiger partial charge in [-0.15, -0.1) is 0 Å². The molecule has 20 heavy (non-hydrogen) atoms. The van der Waals surface area contributed by atoms with E-state index in [1.54, 1.807) is 6.20 Å². The molecule has 0 aliphatic heterocycles. The number of hydrogen-bond acceptors (Lipinski definition) is 4. The van der Waals surface area contributed by atoms with Crippen molar-refractivity contribution in [1.29, 1.82) is 0 Å². The molecule has 0 aromatic carbocycles. The quantitative estimate of drug-likeness (QED) is 0.750. The Kier molecular flexibility index (Phi) is 7.02. The Morgan fingerprint density at radius 1 is 1.35 bits per heavy atom. The largest absolute Gasteiger partial charge is 0.382 e. The summed E-state index contributed by atoms with van der Waals surface area (Å²) >= 11 is 6.06. The van der Waals surface area contributed by atoms with Crippen molar-refractivity contribution in [2.24, 2.45) is 0 Å². The molecule has 0 aliphatic carbocycles. The second kappa shape index (κ2) is 8.27. The van der Waals surface area contributed by atoms with E-state index in [2.05, 4.69) is 10.4 Å². The van der Waals surface area contributed by atoms with Crippen LogP contribution < -0.4 is 10.9 Å². The zero-order valence-electron chi connectivity index (χ0n) is 12.6. The van der Waals surface area contributed by atoms with E-state index in [1.807, 2.05) is 27.7 Å². The van der Waals surface area contributed by atoms with Gasteiger partial charge in [-0.1, -0.05) is 11.6 Å². The Morgan fingerprint density at radius 2 is 2.05 bits per heavy atom. The lowest BCUT2D eigenvalue weighted by Gasteiger charge is -2.12. The molecule has 1 aromatic heterocycles. The second-order valence-corrected chi connectivity index (χ2v) is 5.65. The van der Waals surface area contributed by atoms with Crippen molar-refractivity contribution < 1.29 is 4.74 Å². The van der Waals surface area contributed by atoms with Crippen LogP contribution in [0.15, 0.2) is 11.0 Å². The average Bonchev–Trinajstić information content (AvgIpc) is 2.37. The Hall–Kier alpha value is -1.07. The van der Waals surface area contributed by atoms with Crippen molar-refractivity contribution in [2.45, 2.75) is 52.7 Å². The summed E-state index contributed by atoms with van der Waals surface area (Å²) in [5, 5.41) is 7.46. The molecule has 0 bridgehead atoms. The highest BCUT2D eigenvalue weighted by atomic mass is 35.5. The number of unbranched alkanes of at least 4 members (excludes halogenated alkanes) is 1. The number of rotatable bonds is 8. The molecule has 0 aliphatic rings. The van der Waals surface area contributed by atoms with Crippen molar-refractivity contribution in [2.75, 3.05) is 18.5 Å².